The van der Waals surface area contributed by atoms with E-state index in [-0.39, 0.29) is 30.5 Å². The van der Waals surface area contributed by atoms with Gasteiger partial charge in [0.15, 0.2) is 0 Å². The Kier molecular flexibility index (Phi) is 5.03. The molecule has 0 saturated carbocycles. The summed E-state index contributed by atoms with van der Waals surface area (Å²) >= 11 is 3.17. The number of carbonyl (C=O) groups excluding carboxylic acids is 2. The molecule has 1 heterocycles. The molecular formula is C18H16BrFN2O3. The van der Waals surface area contributed by atoms with Crippen LogP contribution < -0.4 is 15.0 Å². The molecule has 7 heteroatoms. The van der Waals surface area contributed by atoms with Crippen molar-refractivity contribution in [3.8, 4) is 5.75 Å². The van der Waals surface area contributed by atoms with Crippen molar-refractivity contribution in [3.63, 3.8) is 0 Å². The molecule has 0 unspecified atom stereocenters. The normalized spacial score (nSPS) is 16.8. The Morgan fingerprint density at radius 2 is 2.08 bits per heavy atom. The van der Waals surface area contributed by atoms with E-state index in [1.54, 1.807) is 24.3 Å². The Morgan fingerprint density at radius 3 is 2.80 bits per heavy atom. The minimum Gasteiger partial charge on any atom is -0.495 e. The largest absolute Gasteiger partial charge is 0.495 e. The van der Waals surface area contributed by atoms with E-state index in [4.69, 9.17) is 4.74 Å². The minimum atomic E-state index is -0.555. The smallest absolute Gasteiger partial charge is 0.229 e. The Hall–Kier alpha value is -2.41. The molecule has 2 aromatic carbocycles. The van der Waals surface area contributed by atoms with E-state index in [2.05, 4.69) is 21.2 Å². The van der Waals surface area contributed by atoms with Gasteiger partial charge in [-0.05, 0) is 30.3 Å². The number of nitrogens with zero attached hydrogens (tertiary/aromatic N) is 1. The van der Waals surface area contributed by atoms with Gasteiger partial charge in [0.25, 0.3) is 0 Å². The highest BCUT2D eigenvalue weighted by Gasteiger charge is 2.36. The fourth-order valence-corrected chi connectivity index (χ4v) is 3.13. The van der Waals surface area contributed by atoms with Gasteiger partial charge in [-0.2, -0.15) is 0 Å². The number of carbonyl (C=O) groups is 2. The number of benzene rings is 2. The first kappa shape index (κ1) is 17.4. The van der Waals surface area contributed by atoms with Crippen LogP contribution in [0.3, 0.4) is 0 Å². The lowest BCUT2D eigenvalue weighted by atomic mass is 10.1. The highest BCUT2D eigenvalue weighted by atomic mass is 79.9. The molecule has 2 aromatic rings. The van der Waals surface area contributed by atoms with E-state index in [9.17, 15) is 14.0 Å². The molecule has 0 aromatic heterocycles. The molecule has 0 bridgehead atoms. The first-order valence-electron chi connectivity index (χ1n) is 7.69. The Labute approximate surface area is 152 Å². The van der Waals surface area contributed by atoms with Crippen LogP contribution in [0.15, 0.2) is 46.9 Å². The molecule has 1 aliphatic heterocycles. The molecule has 130 valence electrons. The summed E-state index contributed by atoms with van der Waals surface area (Å²) in [6.45, 7) is 0.225. The van der Waals surface area contributed by atoms with Gasteiger partial charge in [0.05, 0.1) is 24.4 Å². The first-order chi connectivity index (χ1) is 12.0. The highest BCUT2D eigenvalue weighted by Crippen LogP contribution is 2.33. The first-order valence-corrected chi connectivity index (χ1v) is 8.48. The number of hydrogen-bond acceptors (Lipinski definition) is 3. The SMILES string of the molecule is COc1ccccc1N1C[C@H](C(=O)Nc2ccc(Br)cc2F)CC1=O. The van der Waals surface area contributed by atoms with Crippen molar-refractivity contribution in [2.45, 2.75) is 6.42 Å². The van der Waals surface area contributed by atoms with Crippen molar-refractivity contribution in [1.82, 2.24) is 0 Å². The van der Waals surface area contributed by atoms with E-state index in [1.165, 1.54) is 24.1 Å². The number of anilines is 2. The molecule has 1 atom stereocenters. The maximum Gasteiger partial charge on any atom is 0.229 e. The monoisotopic (exact) mass is 406 g/mol. The average Bonchev–Trinajstić information content (AvgIpc) is 2.99. The topological polar surface area (TPSA) is 58.6 Å². The standard InChI is InChI=1S/C18H16BrFN2O3/c1-25-16-5-3-2-4-15(16)22-10-11(8-17(22)23)18(24)21-14-7-6-12(19)9-13(14)20/h2-7,9,11H,8,10H2,1H3,(H,21,24)/t11-/m1/s1. The fourth-order valence-electron chi connectivity index (χ4n) is 2.79. The van der Waals surface area contributed by atoms with Crippen LogP contribution in [0, 0.1) is 11.7 Å². The van der Waals surface area contributed by atoms with E-state index in [0.717, 1.165) is 0 Å². The molecule has 1 saturated heterocycles. The summed E-state index contributed by atoms with van der Waals surface area (Å²) < 4.78 is 19.7. The number of methoxy groups -OCH3 is 1. The van der Waals surface area contributed by atoms with Crippen LogP contribution >= 0.6 is 15.9 Å². The van der Waals surface area contributed by atoms with Gasteiger partial charge in [0.2, 0.25) is 11.8 Å². The molecule has 0 spiro atoms. The molecule has 3 rings (SSSR count). The molecule has 1 fully saturated rings. The predicted octanol–water partition coefficient (Wildman–Crippen LogP) is 3.59. The van der Waals surface area contributed by atoms with Crippen LogP contribution in [-0.4, -0.2) is 25.5 Å². The van der Waals surface area contributed by atoms with Crippen molar-refractivity contribution in [2.75, 3.05) is 23.9 Å². The average molecular weight is 407 g/mol. The quantitative estimate of drug-likeness (QED) is 0.843. The second-order valence-corrected chi connectivity index (χ2v) is 6.61. The molecule has 2 amide bonds. The molecule has 5 nitrogen and oxygen atoms in total. The van der Waals surface area contributed by atoms with E-state index in [1.807, 2.05) is 6.07 Å². The van der Waals surface area contributed by atoms with E-state index in [0.29, 0.717) is 15.9 Å². The summed E-state index contributed by atoms with van der Waals surface area (Å²) in [5.41, 5.74) is 0.719. The van der Waals surface area contributed by atoms with Crippen LogP contribution in [0.5, 0.6) is 5.75 Å². The predicted molar refractivity (Wildman–Crippen MR) is 96.2 cm³/mol. The number of nitrogens with one attached hydrogen (secondary N) is 1. The molecular weight excluding hydrogens is 391 g/mol. The Bertz CT molecular complexity index is 828. The van der Waals surface area contributed by atoms with Crippen molar-refractivity contribution >= 4 is 39.1 Å². The van der Waals surface area contributed by atoms with Crippen LogP contribution in [0.25, 0.3) is 0 Å². The Balaban J connectivity index is 1.74. The van der Waals surface area contributed by atoms with Crippen LogP contribution in [-0.2, 0) is 9.59 Å². The molecule has 1 N–H and O–H groups in total. The zero-order valence-corrected chi connectivity index (χ0v) is 15.0. The minimum absolute atomic E-state index is 0.0715. The van der Waals surface area contributed by atoms with Gasteiger partial charge in [0, 0.05) is 17.4 Å². The van der Waals surface area contributed by atoms with Gasteiger partial charge in [-0.15, -0.1) is 0 Å². The van der Waals surface area contributed by atoms with Crippen LogP contribution in [0.1, 0.15) is 6.42 Å². The van der Waals surface area contributed by atoms with Gasteiger partial charge in [-0.25, -0.2) is 4.39 Å². The molecule has 0 radical (unpaired) electrons. The van der Waals surface area contributed by atoms with Gasteiger partial charge in [0.1, 0.15) is 11.6 Å². The highest BCUT2D eigenvalue weighted by molar-refractivity contribution is 9.10. The van der Waals surface area contributed by atoms with Crippen molar-refractivity contribution < 1.29 is 18.7 Å². The number of para-hydroxylation sites is 2. The Morgan fingerprint density at radius 1 is 1.32 bits per heavy atom. The van der Waals surface area contributed by atoms with Crippen molar-refractivity contribution in [1.29, 1.82) is 0 Å². The second kappa shape index (κ2) is 7.23. The summed E-state index contributed by atoms with van der Waals surface area (Å²) in [7, 11) is 1.53. The zero-order chi connectivity index (χ0) is 18.0. The van der Waals surface area contributed by atoms with Crippen molar-refractivity contribution in [3.05, 3.63) is 52.8 Å². The van der Waals surface area contributed by atoms with E-state index >= 15 is 0 Å². The van der Waals surface area contributed by atoms with Gasteiger partial charge >= 0.3 is 0 Å². The van der Waals surface area contributed by atoms with Crippen LogP contribution in [0.2, 0.25) is 0 Å². The van der Waals surface area contributed by atoms with Gasteiger partial charge in [-0.1, -0.05) is 28.1 Å². The van der Waals surface area contributed by atoms with Crippen LogP contribution in [0.4, 0.5) is 15.8 Å². The lowest BCUT2D eigenvalue weighted by Gasteiger charge is -2.19. The second-order valence-electron chi connectivity index (χ2n) is 5.69. The lowest BCUT2D eigenvalue weighted by Crippen LogP contribution is -2.28. The molecule has 1 aliphatic rings. The van der Waals surface area contributed by atoms with Gasteiger partial charge < -0.3 is 15.0 Å². The third-order valence-electron chi connectivity index (χ3n) is 4.06. The summed E-state index contributed by atoms with van der Waals surface area (Å²) in [6.07, 6.45) is 0.0715. The number of amides is 2. The lowest BCUT2D eigenvalue weighted by molar-refractivity contribution is -0.122. The zero-order valence-electron chi connectivity index (χ0n) is 13.5. The summed E-state index contributed by atoms with van der Waals surface area (Å²) in [4.78, 5) is 26.3. The maximum absolute atomic E-state index is 13.9. The van der Waals surface area contributed by atoms with E-state index < -0.39 is 11.7 Å². The summed E-state index contributed by atoms with van der Waals surface area (Å²) in [6, 6.07) is 11.5. The summed E-state index contributed by atoms with van der Waals surface area (Å²) in [5.74, 6) is -1.07. The summed E-state index contributed by atoms with van der Waals surface area (Å²) in [5, 5.41) is 2.56. The number of rotatable bonds is 4. The third-order valence-corrected chi connectivity index (χ3v) is 4.55. The maximum atomic E-state index is 13.9. The number of ether oxygens (including phenoxy) is 1. The molecule has 0 aliphatic carbocycles. The van der Waals surface area contributed by atoms with Gasteiger partial charge in [-0.3, -0.25) is 9.59 Å². The number of halogens is 2. The molecule has 25 heavy (non-hydrogen) atoms. The third kappa shape index (κ3) is 3.66. The number of hydrogen-bond donors (Lipinski definition) is 1. The fraction of sp³-hybridized carbons (Fsp3) is 0.222. The van der Waals surface area contributed by atoms with Crippen molar-refractivity contribution in [2.24, 2.45) is 5.92 Å².